The van der Waals surface area contributed by atoms with Crippen molar-refractivity contribution in [3.05, 3.63) is 115 Å². The highest BCUT2D eigenvalue weighted by atomic mass is 32.1. The van der Waals surface area contributed by atoms with Gasteiger partial charge in [-0.25, -0.2) is 9.48 Å². The third-order valence-corrected chi connectivity index (χ3v) is 6.76. The van der Waals surface area contributed by atoms with Gasteiger partial charge < -0.3 is 9.52 Å². The lowest BCUT2D eigenvalue weighted by molar-refractivity contribution is 0.455. The van der Waals surface area contributed by atoms with Gasteiger partial charge in [0.15, 0.2) is 0 Å². The number of fused-ring (bicyclic) bond motifs is 1. The van der Waals surface area contributed by atoms with Crippen molar-refractivity contribution in [3.63, 3.8) is 0 Å². The predicted octanol–water partition coefficient (Wildman–Crippen LogP) is 4.54. The van der Waals surface area contributed by atoms with Gasteiger partial charge in [-0.1, -0.05) is 36.4 Å². The maximum absolute atomic E-state index is 13.7. The molecule has 6 nitrogen and oxygen atoms in total. The lowest BCUT2D eigenvalue weighted by Gasteiger charge is -2.16. The molecule has 0 aliphatic rings. The largest absolute Gasteiger partial charge is 0.507 e. The van der Waals surface area contributed by atoms with Gasteiger partial charge in [-0.2, -0.15) is 0 Å². The molecule has 0 spiro atoms. The molecule has 32 heavy (non-hydrogen) atoms. The Morgan fingerprint density at radius 1 is 0.938 bits per heavy atom. The number of para-hydroxylation sites is 2. The molecule has 160 valence electrons. The first-order chi connectivity index (χ1) is 15.5. The highest BCUT2D eigenvalue weighted by Gasteiger charge is 2.33. The molecule has 3 heterocycles. The highest BCUT2D eigenvalue weighted by Crippen LogP contribution is 2.40. The van der Waals surface area contributed by atoms with Gasteiger partial charge in [0.05, 0.1) is 28.1 Å². The van der Waals surface area contributed by atoms with Gasteiger partial charge in [0.25, 0.3) is 5.56 Å². The number of nitrogens with zero attached hydrogens (tertiary/aromatic N) is 2. The van der Waals surface area contributed by atoms with Gasteiger partial charge in [-0.05, 0) is 42.6 Å². The van der Waals surface area contributed by atoms with Gasteiger partial charge >= 0.3 is 5.63 Å². The summed E-state index contributed by atoms with van der Waals surface area (Å²) in [5.41, 5.74) is 1.30. The van der Waals surface area contributed by atoms with E-state index in [1.807, 2.05) is 54.8 Å². The maximum Gasteiger partial charge on any atom is 0.344 e. The number of aromatic nitrogens is 2. The van der Waals surface area contributed by atoms with Crippen LogP contribution in [0.15, 0.2) is 86.1 Å². The Labute approximate surface area is 187 Å². The van der Waals surface area contributed by atoms with Crippen molar-refractivity contribution < 1.29 is 9.52 Å². The van der Waals surface area contributed by atoms with Crippen molar-refractivity contribution in [2.45, 2.75) is 12.8 Å². The SMILES string of the molecule is Cc1c([C@@H](c2cccs2)c2c(O)c3ccccc3oc2=O)c(=O)n(-c2ccccc2)n1C. The van der Waals surface area contributed by atoms with E-state index in [2.05, 4.69) is 0 Å². The zero-order valence-corrected chi connectivity index (χ0v) is 18.3. The molecule has 2 aromatic carbocycles. The van der Waals surface area contributed by atoms with Gasteiger partial charge in [-0.3, -0.25) is 9.48 Å². The average molecular weight is 445 g/mol. The molecule has 5 rings (SSSR count). The molecule has 0 radical (unpaired) electrons. The number of benzene rings is 2. The Kier molecular flexibility index (Phi) is 4.83. The summed E-state index contributed by atoms with van der Waals surface area (Å²) in [6.45, 7) is 1.84. The van der Waals surface area contributed by atoms with Crippen LogP contribution in [0.1, 0.15) is 27.6 Å². The molecule has 0 saturated carbocycles. The van der Waals surface area contributed by atoms with E-state index in [1.54, 1.807) is 40.7 Å². The third kappa shape index (κ3) is 3.01. The van der Waals surface area contributed by atoms with E-state index in [0.717, 1.165) is 4.88 Å². The van der Waals surface area contributed by atoms with Gasteiger partial charge in [0.2, 0.25) is 0 Å². The van der Waals surface area contributed by atoms with Crippen LogP contribution in [0.4, 0.5) is 0 Å². The molecule has 0 fully saturated rings. The Hall–Kier alpha value is -3.84. The Morgan fingerprint density at radius 2 is 1.66 bits per heavy atom. The van der Waals surface area contributed by atoms with Crippen LogP contribution in [0.2, 0.25) is 0 Å². The van der Waals surface area contributed by atoms with E-state index in [-0.39, 0.29) is 16.9 Å². The Morgan fingerprint density at radius 3 is 2.38 bits per heavy atom. The van der Waals surface area contributed by atoms with Crippen molar-refractivity contribution in [2.24, 2.45) is 7.05 Å². The van der Waals surface area contributed by atoms with E-state index < -0.39 is 11.5 Å². The van der Waals surface area contributed by atoms with E-state index in [9.17, 15) is 14.7 Å². The molecule has 0 aliphatic carbocycles. The molecule has 0 amide bonds. The first-order valence-corrected chi connectivity index (χ1v) is 11.0. The van der Waals surface area contributed by atoms with Gasteiger partial charge in [0, 0.05) is 17.6 Å². The van der Waals surface area contributed by atoms with Crippen LogP contribution in [0.5, 0.6) is 5.75 Å². The molecule has 7 heteroatoms. The van der Waals surface area contributed by atoms with Crippen LogP contribution in [0.25, 0.3) is 16.7 Å². The van der Waals surface area contributed by atoms with Crippen LogP contribution in [-0.2, 0) is 7.05 Å². The lowest BCUT2D eigenvalue weighted by Crippen LogP contribution is -2.24. The second-order valence-corrected chi connectivity index (χ2v) is 8.55. The smallest absolute Gasteiger partial charge is 0.344 e. The molecule has 1 atom stereocenters. The van der Waals surface area contributed by atoms with Crippen LogP contribution >= 0.6 is 11.3 Å². The molecule has 1 N–H and O–H groups in total. The molecule has 0 unspecified atom stereocenters. The van der Waals surface area contributed by atoms with E-state index >= 15 is 0 Å². The van der Waals surface area contributed by atoms with E-state index in [0.29, 0.717) is 27.9 Å². The van der Waals surface area contributed by atoms with Crippen molar-refractivity contribution in [3.8, 4) is 11.4 Å². The number of aromatic hydroxyl groups is 1. The van der Waals surface area contributed by atoms with Crippen molar-refractivity contribution in [1.82, 2.24) is 9.36 Å². The van der Waals surface area contributed by atoms with Crippen molar-refractivity contribution >= 4 is 22.3 Å². The van der Waals surface area contributed by atoms with Crippen LogP contribution in [-0.4, -0.2) is 14.5 Å². The molecule has 5 aromatic rings. The van der Waals surface area contributed by atoms with Gasteiger partial charge in [-0.15, -0.1) is 11.3 Å². The summed E-state index contributed by atoms with van der Waals surface area (Å²) < 4.78 is 8.89. The zero-order valence-electron chi connectivity index (χ0n) is 17.5. The normalized spacial score (nSPS) is 12.3. The quantitative estimate of drug-likeness (QED) is 0.413. The zero-order chi connectivity index (χ0) is 22.4. The fourth-order valence-corrected chi connectivity index (χ4v) is 5.05. The molecule has 0 saturated heterocycles. The average Bonchev–Trinajstić information content (AvgIpc) is 3.40. The molecule has 3 aromatic heterocycles. The number of hydrogen-bond acceptors (Lipinski definition) is 5. The molecule has 0 aliphatic heterocycles. The second kappa shape index (κ2) is 7.69. The minimum absolute atomic E-state index is 0.0668. The molecular weight excluding hydrogens is 424 g/mol. The molecular formula is C25H20N2O4S. The lowest BCUT2D eigenvalue weighted by atomic mass is 9.89. The highest BCUT2D eigenvalue weighted by molar-refractivity contribution is 7.10. The maximum atomic E-state index is 13.7. The van der Waals surface area contributed by atoms with Crippen LogP contribution in [0.3, 0.4) is 0 Å². The summed E-state index contributed by atoms with van der Waals surface area (Å²) in [5, 5.41) is 13.5. The number of hydrogen-bond donors (Lipinski definition) is 1. The van der Waals surface area contributed by atoms with Crippen molar-refractivity contribution in [1.29, 1.82) is 0 Å². The first kappa shape index (κ1) is 20.1. The summed E-state index contributed by atoms with van der Waals surface area (Å²) in [4.78, 5) is 27.6. The van der Waals surface area contributed by atoms with Crippen LogP contribution in [0, 0.1) is 6.92 Å². The van der Waals surface area contributed by atoms with Crippen molar-refractivity contribution in [2.75, 3.05) is 0 Å². The molecule has 0 bridgehead atoms. The Bertz CT molecular complexity index is 1540. The van der Waals surface area contributed by atoms with Gasteiger partial charge in [0.1, 0.15) is 11.3 Å². The number of rotatable bonds is 4. The fourth-order valence-electron chi connectivity index (χ4n) is 4.21. The standard InChI is InChI=1S/C25H20N2O4S/c1-15-20(24(29)27(26(15)2)16-9-4-3-5-10-16)21(19-13-8-14-32-19)22-23(28)17-11-6-7-12-18(17)31-25(22)30/h3-14,21,28H,1-2H3/t21-/m1/s1. The predicted molar refractivity (Wildman–Crippen MR) is 125 cm³/mol. The second-order valence-electron chi connectivity index (χ2n) is 7.57. The third-order valence-electron chi connectivity index (χ3n) is 5.82. The summed E-state index contributed by atoms with van der Waals surface area (Å²) >= 11 is 1.42. The van der Waals surface area contributed by atoms with Crippen LogP contribution < -0.4 is 11.2 Å². The van der Waals surface area contributed by atoms with E-state index in [1.165, 1.54) is 11.3 Å². The van der Waals surface area contributed by atoms with E-state index in [4.69, 9.17) is 4.42 Å². The summed E-state index contributed by atoms with van der Waals surface area (Å²) in [7, 11) is 1.81. The fraction of sp³-hybridized carbons (Fsp3) is 0.120. The topological polar surface area (TPSA) is 77.4 Å². The summed E-state index contributed by atoms with van der Waals surface area (Å²) in [5.74, 6) is -0.927. The number of thiophene rings is 1. The summed E-state index contributed by atoms with van der Waals surface area (Å²) in [6.07, 6.45) is 0. The summed E-state index contributed by atoms with van der Waals surface area (Å²) in [6, 6.07) is 19.9. The minimum atomic E-state index is -0.764. The Balaban J connectivity index is 1.85. The first-order valence-electron chi connectivity index (χ1n) is 10.1. The monoisotopic (exact) mass is 444 g/mol. The minimum Gasteiger partial charge on any atom is -0.507 e.